The van der Waals surface area contributed by atoms with Crippen LogP contribution in [0.1, 0.15) is 18.5 Å². The Kier molecular flexibility index (Phi) is 7.37. The number of urea groups is 1. The van der Waals surface area contributed by atoms with Gasteiger partial charge in [0.25, 0.3) is 5.69 Å². The minimum absolute atomic E-state index is 0.0664. The average molecular weight is 429 g/mol. The summed E-state index contributed by atoms with van der Waals surface area (Å²) >= 11 is 0. The lowest BCUT2D eigenvalue weighted by molar-refractivity contribution is -0.384. The Labute approximate surface area is 180 Å². The van der Waals surface area contributed by atoms with E-state index in [2.05, 4.69) is 27.0 Å². The Hall–Kier alpha value is -3.24. The molecular formula is C21H27N5O5. The Morgan fingerprint density at radius 3 is 2.48 bits per heavy atom. The van der Waals surface area contributed by atoms with Crippen molar-refractivity contribution in [1.29, 1.82) is 0 Å². The molecule has 2 amide bonds. The van der Waals surface area contributed by atoms with Crippen LogP contribution in [0.3, 0.4) is 0 Å². The molecule has 0 radical (unpaired) electrons. The van der Waals surface area contributed by atoms with Gasteiger partial charge in [-0.1, -0.05) is 6.08 Å². The molecule has 10 heteroatoms. The highest BCUT2D eigenvalue weighted by molar-refractivity contribution is 5.95. The molecule has 0 spiro atoms. The summed E-state index contributed by atoms with van der Waals surface area (Å²) in [5.41, 5.74) is 1.30. The normalized spacial score (nSPS) is 20.0. The molecule has 1 saturated heterocycles. The van der Waals surface area contributed by atoms with Crippen LogP contribution in [0.4, 0.5) is 10.5 Å². The molecule has 1 aromatic rings. The summed E-state index contributed by atoms with van der Waals surface area (Å²) in [4.78, 5) is 40.1. The van der Waals surface area contributed by atoms with E-state index in [-0.39, 0.29) is 12.3 Å². The maximum Gasteiger partial charge on any atom is 0.338 e. The molecule has 2 N–H and O–H groups in total. The highest BCUT2D eigenvalue weighted by atomic mass is 16.6. The van der Waals surface area contributed by atoms with Gasteiger partial charge in [-0.25, -0.2) is 9.59 Å². The minimum Gasteiger partial charge on any atom is -0.463 e. The zero-order valence-corrected chi connectivity index (χ0v) is 17.5. The van der Waals surface area contributed by atoms with E-state index in [1.165, 1.54) is 12.1 Å². The standard InChI is InChI=1S/C21H27N5O5/c1-3-9-24-10-12-25(13-11-24)14-17-18(20(27)31-4-2)19(23-21(28)22-17)15-5-7-16(8-6-15)26(29)30/h3,5-8,19H,1,4,9-14H2,2H3,(H2,22,23,28)/t19-/m1/s1. The molecular weight excluding hydrogens is 402 g/mol. The molecule has 2 aliphatic rings. The van der Waals surface area contributed by atoms with Gasteiger partial charge in [0, 0.05) is 57.1 Å². The molecule has 166 valence electrons. The summed E-state index contributed by atoms with van der Waals surface area (Å²) in [5.74, 6) is -0.529. The Bertz CT molecular complexity index is 875. The fourth-order valence-corrected chi connectivity index (χ4v) is 3.77. The van der Waals surface area contributed by atoms with E-state index in [0.29, 0.717) is 23.4 Å². The lowest BCUT2D eigenvalue weighted by Gasteiger charge is -2.36. The van der Waals surface area contributed by atoms with E-state index >= 15 is 0 Å². The van der Waals surface area contributed by atoms with Crippen LogP contribution in [0, 0.1) is 10.1 Å². The second-order valence-corrected chi connectivity index (χ2v) is 7.36. The van der Waals surface area contributed by atoms with Crippen molar-refractivity contribution in [2.45, 2.75) is 13.0 Å². The number of rotatable bonds is 8. The zero-order valence-electron chi connectivity index (χ0n) is 17.5. The SMILES string of the molecule is C=CCN1CCN(CC2=C(C(=O)OCC)[C@@H](c3ccc([N+](=O)[O-])cc3)NC(=O)N2)CC1. The third kappa shape index (κ3) is 5.47. The maximum atomic E-state index is 12.8. The highest BCUT2D eigenvalue weighted by Gasteiger charge is 2.34. The van der Waals surface area contributed by atoms with E-state index < -0.39 is 23.0 Å². The van der Waals surface area contributed by atoms with Crippen LogP contribution in [0.2, 0.25) is 0 Å². The summed E-state index contributed by atoms with van der Waals surface area (Å²) in [7, 11) is 0. The molecule has 31 heavy (non-hydrogen) atoms. The monoisotopic (exact) mass is 429 g/mol. The van der Waals surface area contributed by atoms with Crippen molar-refractivity contribution in [2.75, 3.05) is 45.9 Å². The van der Waals surface area contributed by atoms with Gasteiger partial charge in [-0.05, 0) is 24.6 Å². The van der Waals surface area contributed by atoms with Crippen LogP contribution in [0.15, 0.2) is 48.2 Å². The number of carbonyl (C=O) groups is 2. The topological polar surface area (TPSA) is 117 Å². The molecule has 0 saturated carbocycles. The molecule has 2 aliphatic heterocycles. The number of ether oxygens (including phenoxy) is 1. The van der Waals surface area contributed by atoms with Crippen molar-refractivity contribution >= 4 is 17.7 Å². The maximum absolute atomic E-state index is 12.8. The van der Waals surface area contributed by atoms with Crippen molar-refractivity contribution in [2.24, 2.45) is 0 Å². The van der Waals surface area contributed by atoms with Crippen LogP contribution in [-0.4, -0.2) is 72.6 Å². The first-order valence-electron chi connectivity index (χ1n) is 10.2. The number of non-ortho nitro benzene ring substituents is 1. The molecule has 0 aromatic heterocycles. The van der Waals surface area contributed by atoms with Gasteiger partial charge in [0.15, 0.2) is 0 Å². The van der Waals surface area contributed by atoms with Crippen molar-refractivity contribution in [3.63, 3.8) is 0 Å². The predicted octanol–water partition coefficient (Wildman–Crippen LogP) is 1.57. The minimum atomic E-state index is -0.759. The average Bonchev–Trinajstić information content (AvgIpc) is 2.75. The van der Waals surface area contributed by atoms with Crippen LogP contribution in [0.25, 0.3) is 0 Å². The van der Waals surface area contributed by atoms with Crippen molar-refractivity contribution < 1.29 is 19.2 Å². The van der Waals surface area contributed by atoms with Gasteiger partial charge in [0.2, 0.25) is 0 Å². The number of nitrogens with one attached hydrogen (secondary N) is 2. The Morgan fingerprint density at radius 2 is 1.90 bits per heavy atom. The van der Waals surface area contributed by atoms with Crippen LogP contribution in [0.5, 0.6) is 0 Å². The Balaban J connectivity index is 1.89. The van der Waals surface area contributed by atoms with Crippen LogP contribution >= 0.6 is 0 Å². The van der Waals surface area contributed by atoms with E-state index in [0.717, 1.165) is 32.7 Å². The summed E-state index contributed by atoms with van der Waals surface area (Å²) in [6.45, 7) is 10.2. The van der Waals surface area contributed by atoms with E-state index in [4.69, 9.17) is 4.74 Å². The second kappa shape index (κ2) is 10.2. The summed E-state index contributed by atoms with van der Waals surface area (Å²) < 4.78 is 5.26. The number of esters is 1. The van der Waals surface area contributed by atoms with Crippen molar-refractivity contribution in [3.05, 3.63) is 63.9 Å². The van der Waals surface area contributed by atoms with E-state index in [1.807, 2.05) is 6.08 Å². The second-order valence-electron chi connectivity index (χ2n) is 7.36. The third-order valence-electron chi connectivity index (χ3n) is 5.32. The molecule has 0 unspecified atom stereocenters. The summed E-state index contributed by atoms with van der Waals surface area (Å²) in [6.07, 6.45) is 1.87. The molecule has 1 atom stereocenters. The lowest BCUT2D eigenvalue weighted by Crippen LogP contribution is -2.51. The summed E-state index contributed by atoms with van der Waals surface area (Å²) in [5, 5.41) is 16.5. The number of piperazine rings is 1. The van der Waals surface area contributed by atoms with Gasteiger partial charge in [-0.15, -0.1) is 6.58 Å². The molecule has 1 aromatic carbocycles. The highest BCUT2D eigenvalue weighted by Crippen LogP contribution is 2.29. The fourth-order valence-electron chi connectivity index (χ4n) is 3.77. The Morgan fingerprint density at radius 1 is 1.26 bits per heavy atom. The lowest BCUT2D eigenvalue weighted by atomic mass is 9.94. The molecule has 0 aliphatic carbocycles. The number of amides is 2. The number of nitro groups is 1. The fraction of sp³-hybridized carbons (Fsp3) is 0.429. The number of hydrogen-bond donors (Lipinski definition) is 2. The number of carbonyl (C=O) groups excluding carboxylic acids is 2. The first-order chi connectivity index (χ1) is 14.9. The number of benzene rings is 1. The first-order valence-corrected chi connectivity index (χ1v) is 10.2. The molecule has 10 nitrogen and oxygen atoms in total. The smallest absolute Gasteiger partial charge is 0.338 e. The number of nitro benzene ring substituents is 1. The first kappa shape index (κ1) is 22.4. The van der Waals surface area contributed by atoms with E-state index in [1.54, 1.807) is 19.1 Å². The number of nitrogens with zero attached hydrogens (tertiary/aromatic N) is 3. The van der Waals surface area contributed by atoms with Gasteiger partial charge in [0.05, 0.1) is 23.1 Å². The van der Waals surface area contributed by atoms with Gasteiger partial charge in [-0.2, -0.15) is 0 Å². The quantitative estimate of drug-likeness (QED) is 0.279. The van der Waals surface area contributed by atoms with Gasteiger partial charge >= 0.3 is 12.0 Å². The van der Waals surface area contributed by atoms with Crippen LogP contribution < -0.4 is 10.6 Å². The van der Waals surface area contributed by atoms with Gasteiger partial charge < -0.3 is 15.4 Å². The van der Waals surface area contributed by atoms with Crippen molar-refractivity contribution in [1.82, 2.24) is 20.4 Å². The van der Waals surface area contributed by atoms with Gasteiger partial charge in [0.1, 0.15) is 0 Å². The molecule has 1 fully saturated rings. The van der Waals surface area contributed by atoms with E-state index in [9.17, 15) is 19.7 Å². The number of hydrogen-bond acceptors (Lipinski definition) is 7. The van der Waals surface area contributed by atoms with Gasteiger partial charge in [-0.3, -0.25) is 19.9 Å². The van der Waals surface area contributed by atoms with Crippen molar-refractivity contribution in [3.8, 4) is 0 Å². The third-order valence-corrected chi connectivity index (χ3v) is 5.32. The zero-order chi connectivity index (χ0) is 22.4. The predicted molar refractivity (Wildman–Crippen MR) is 114 cm³/mol. The molecule has 0 bridgehead atoms. The summed E-state index contributed by atoms with van der Waals surface area (Å²) in [6, 6.07) is 4.59. The molecule has 2 heterocycles. The van der Waals surface area contributed by atoms with Crippen LogP contribution in [-0.2, 0) is 9.53 Å². The largest absolute Gasteiger partial charge is 0.463 e. The molecule has 3 rings (SSSR count).